The van der Waals surface area contributed by atoms with Gasteiger partial charge in [0.25, 0.3) is 0 Å². The number of piperidine rings is 1. The largest absolute Gasteiger partial charge is 0.316 e. The van der Waals surface area contributed by atoms with Gasteiger partial charge in [-0.05, 0) is 47.9 Å². The summed E-state index contributed by atoms with van der Waals surface area (Å²) in [4.78, 5) is 0. The average molecular weight is 263 g/mol. The van der Waals surface area contributed by atoms with Gasteiger partial charge in [0.15, 0.2) is 0 Å². The summed E-state index contributed by atoms with van der Waals surface area (Å²) in [5, 5.41) is 3.61. The van der Waals surface area contributed by atoms with Crippen LogP contribution in [0.5, 0.6) is 0 Å². The minimum atomic E-state index is 0.441. The number of benzene rings is 2. The molecule has 1 atom stereocenters. The van der Waals surface area contributed by atoms with E-state index in [1.54, 1.807) is 11.1 Å². The molecule has 1 saturated heterocycles. The minimum Gasteiger partial charge on any atom is -0.316 e. The molecule has 1 aliphatic heterocycles. The molecule has 2 aliphatic rings. The molecular formula is C19H21N. The van der Waals surface area contributed by atoms with Gasteiger partial charge < -0.3 is 5.32 Å². The topological polar surface area (TPSA) is 12.0 Å². The molecule has 0 amide bonds. The Morgan fingerprint density at radius 3 is 2.20 bits per heavy atom. The molecule has 102 valence electrons. The molecule has 1 fully saturated rings. The third-order valence-electron chi connectivity index (χ3n) is 5.29. The van der Waals surface area contributed by atoms with Gasteiger partial charge in [0.1, 0.15) is 0 Å². The fourth-order valence-corrected chi connectivity index (χ4v) is 4.28. The molecule has 1 spiro atoms. The van der Waals surface area contributed by atoms with Crippen LogP contribution in [0.25, 0.3) is 0 Å². The molecule has 0 aromatic heterocycles. The van der Waals surface area contributed by atoms with Crippen LogP contribution in [0.4, 0.5) is 0 Å². The lowest BCUT2D eigenvalue weighted by Gasteiger charge is -2.42. The number of rotatable bonds is 1. The molecule has 20 heavy (non-hydrogen) atoms. The first-order chi connectivity index (χ1) is 9.87. The normalized spacial score (nSPS) is 23.7. The fraction of sp³-hybridized carbons (Fsp3) is 0.368. The standard InChI is InChI=1S/C19H21N/c1-2-6-15(7-3-1)18-14-20-11-10-19(18)12-16-8-4-5-9-17(16)13-19/h1-9,18,20H,10-14H2. The highest BCUT2D eigenvalue weighted by Crippen LogP contribution is 2.50. The third kappa shape index (κ3) is 1.89. The monoisotopic (exact) mass is 263 g/mol. The highest BCUT2D eigenvalue weighted by Gasteiger charge is 2.45. The van der Waals surface area contributed by atoms with E-state index in [4.69, 9.17) is 0 Å². The van der Waals surface area contributed by atoms with Crippen molar-refractivity contribution in [2.24, 2.45) is 5.41 Å². The summed E-state index contributed by atoms with van der Waals surface area (Å²) in [6.07, 6.45) is 3.80. The molecule has 1 aliphatic carbocycles. The van der Waals surface area contributed by atoms with Crippen LogP contribution < -0.4 is 5.32 Å². The van der Waals surface area contributed by atoms with Gasteiger partial charge in [-0.15, -0.1) is 0 Å². The van der Waals surface area contributed by atoms with Crippen LogP contribution in [0.1, 0.15) is 29.0 Å². The lowest BCUT2D eigenvalue weighted by atomic mass is 9.66. The highest BCUT2D eigenvalue weighted by molar-refractivity contribution is 5.38. The van der Waals surface area contributed by atoms with E-state index in [9.17, 15) is 0 Å². The molecule has 4 rings (SSSR count). The van der Waals surface area contributed by atoms with E-state index in [1.807, 2.05) is 0 Å². The summed E-state index contributed by atoms with van der Waals surface area (Å²) >= 11 is 0. The molecule has 1 heterocycles. The lowest BCUT2D eigenvalue weighted by Crippen LogP contribution is -2.44. The van der Waals surface area contributed by atoms with Crippen LogP contribution in [0.2, 0.25) is 0 Å². The number of hydrogen-bond acceptors (Lipinski definition) is 1. The van der Waals surface area contributed by atoms with Gasteiger partial charge in [0.05, 0.1) is 0 Å². The van der Waals surface area contributed by atoms with E-state index in [0.717, 1.165) is 13.1 Å². The van der Waals surface area contributed by atoms with Gasteiger partial charge in [-0.3, -0.25) is 0 Å². The molecule has 1 nitrogen and oxygen atoms in total. The van der Waals surface area contributed by atoms with Crippen molar-refractivity contribution in [3.05, 3.63) is 71.3 Å². The summed E-state index contributed by atoms with van der Waals surface area (Å²) < 4.78 is 0. The molecule has 2 aromatic rings. The van der Waals surface area contributed by atoms with Crippen molar-refractivity contribution in [1.82, 2.24) is 5.32 Å². The van der Waals surface area contributed by atoms with E-state index in [1.165, 1.54) is 24.8 Å². The zero-order valence-electron chi connectivity index (χ0n) is 11.8. The molecule has 0 bridgehead atoms. The van der Waals surface area contributed by atoms with E-state index >= 15 is 0 Å². The Kier molecular flexibility index (Phi) is 2.89. The Morgan fingerprint density at radius 2 is 1.50 bits per heavy atom. The van der Waals surface area contributed by atoms with Crippen LogP contribution in [-0.2, 0) is 12.8 Å². The van der Waals surface area contributed by atoms with Gasteiger partial charge in [-0.2, -0.15) is 0 Å². The smallest absolute Gasteiger partial charge is 0.00267 e. The summed E-state index contributed by atoms with van der Waals surface area (Å²) in [5.41, 5.74) is 5.11. The van der Waals surface area contributed by atoms with Crippen molar-refractivity contribution in [2.45, 2.75) is 25.2 Å². The Labute approximate surface area is 121 Å². The van der Waals surface area contributed by atoms with E-state index in [-0.39, 0.29) is 0 Å². The van der Waals surface area contributed by atoms with Crippen LogP contribution in [0, 0.1) is 5.41 Å². The Hall–Kier alpha value is -1.60. The van der Waals surface area contributed by atoms with Crippen molar-refractivity contribution in [3.63, 3.8) is 0 Å². The number of hydrogen-bond donors (Lipinski definition) is 1. The molecule has 1 heteroatoms. The van der Waals surface area contributed by atoms with E-state index in [2.05, 4.69) is 59.9 Å². The minimum absolute atomic E-state index is 0.441. The van der Waals surface area contributed by atoms with Gasteiger partial charge >= 0.3 is 0 Å². The molecule has 1 unspecified atom stereocenters. The maximum Gasteiger partial charge on any atom is 0.00267 e. The van der Waals surface area contributed by atoms with E-state index in [0.29, 0.717) is 11.3 Å². The Bertz CT molecular complexity index is 577. The second-order valence-electron chi connectivity index (χ2n) is 6.40. The first-order valence-corrected chi connectivity index (χ1v) is 7.70. The second-order valence-corrected chi connectivity index (χ2v) is 6.40. The molecule has 0 radical (unpaired) electrons. The van der Waals surface area contributed by atoms with Gasteiger partial charge in [-0.25, -0.2) is 0 Å². The van der Waals surface area contributed by atoms with Crippen molar-refractivity contribution in [2.75, 3.05) is 13.1 Å². The van der Waals surface area contributed by atoms with Crippen LogP contribution in [0.15, 0.2) is 54.6 Å². The van der Waals surface area contributed by atoms with Crippen LogP contribution >= 0.6 is 0 Å². The maximum absolute atomic E-state index is 3.61. The fourth-order valence-electron chi connectivity index (χ4n) is 4.28. The molecular weight excluding hydrogens is 242 g/mol. The third-order valence-corrected chi connectivity index (χ3v) is 5.29. The maximum atomic E-state index is 3.61. The Morgan fingerprint density at radius 1 is 0.850 bits per heavy atom. The predicted octanol–water partition coefficient (Wildman–Crippen LogP) is 3.55. The van der Waals surface area contributed by atoms with Crippen LogP contribution in [0.3, 0.4) is 0 Å². The Balaban J connectivity index is 1.73. The van der Waals surface area contributed by atoms with Gasteiger partial charge in [0.2, 0.25) is 0 Å². The molecule has 1 N–H and O–H groups in total. The second kappa shape index (κ2) is 4.75. The highest BCUT2D eigenvalue weighted by atomic mass is 14.9. The quantitative estimate of drug-likeness (QED) is 0.829. The zero-order valence-corrected chi connectivity index (χ0v) is 11.8. The van der Waals surface area contributed by atoms with Crippen molar-refractivity contribution < 1.29 is 0 Å². The molecule has 0 saturated carbocycles. The van der Waals surface area contributed by atoms with Crippen molar-refractivity contribution in [3.8, 4) is 0 Å². The summed E-state index contributed by atoms with van der Waals surface area (Å²) in [5.74, 6) is 0.643. The summed E-state index contributed by atoms with van der Waals surface area (Å²) in [7, 11) is 0. The number of fused-ring (bicyclic) bond motifs is 1. The SMILES string of the molecule is c1ccc(C2CNCCC23Cc2ccccc2C3)cc1. The van der Waals surface area contributed by atoms with Crippen molar-refractivity contribution in [1.29, 1.82) is 0 Å². The first-order valence-electron chi connectivity index (χ1n) is 7.70. The van der Waals surface area contributed by atoms with E-state index < -0.39 is 0 Å². The zero-order chi connectivity index (χ0) is 13.4. The summed E-state index contributed by atoms with van der Waals surface area (Å²) in [6, 6.07) is 20.1. The van der Waals surface area contributed by atoms with Crippen LogP contribution in [-0.4, -0.2) is 13.1 Å². The predicted molar refractivity (Wildman–Crippen MR) is 83.0 cm³/mol. The van der Waals surface area contributed by atoms with Gasteiger partial charge in [0, 0.05) is 12.5 Å². The van der Waals surface area contributed by atoms with Gasteiger partial charge in [-0.1, -0.05) is 54.6 Å². The van der Waals surface area contributed by atoms with Crippen molar-refractivity contribution >= 4 is 0 Å². The summed E-state index contributed by atoms with van der Waals surface area (Å²) in [6.45, 7) is 2.29. The lowest BCUT2D eigenvalue weighted by molar-refractivity contribution is 0.175. The first kappa shape index (κ1) is 12.2. The molecule has 2 aromatic carbocycles. The number of nitrogens with one attached hydrogen (secondary N) is 1. The average Bonchev–Trinajstić information content (AvgIpc) is 2.87.